The van der Waals surface area contributed by atoms with Crippen LogP contribution < -0.4 is 14.2 Å². The van der Waals surface area contributed by atoms with E-state index < -0.39 is 5.97 Å². The van der Waals surface area contributed by atoms with Crippen molar-refractivity contribution >= 4 is 12.3 Å². The van der Waals surface area contributed by atoms with E-state index in [4.69, 9.17) is 18.9 Å². The molecule has 2 rings (SSSR count). The number of carbonyl (C=O) groups excluding carboxylic acids is 2. The second-order valence-electron chi connectivity index (χ2n) is 4.82. The molecule has 0 spiro atoms. The summed E-state index contributed by atoms with van der Waals surface area (Å²) in [4.78, 5) is 23.5. The lowest BCUT2D eigenvalue weighted by Gasteiger charge is -2.14. The summed E-state index contributed by atoms with van der Waals surface area (Å²) in [5.74, 6) is -0.227. The molecule has 0 radical (unpaired) electrons. The van der Waals surface area contributed by atoms with Crippen molar-refractivity contribution in [2.75, 3.05) is 27.4 Å². The van der Waals surface area contributed by atoms with Gasteiger partial charge >= 0.3 is 5.97 Å². The van der Waals surface area contributed by atoms with Crippen molar-refractivity contribution in [2.45, 2.75) is 0 Å². The van der Waals surface area contributed by atoms with Gasteiger partial charge in [0.2, 0.25) is 0 Å². The van der Waals surface area contributed by atoms with Crippen molar-refractivity contribution in [2.24, 2.45) is 0 Å². The van der Waals surface area contributed by atoms with Crippen LogP contribution in [0.25, 0.3) is 0 Å². The molecule has 0 saturated carbocycles. The largest absolute Gasteiger partial charge is 0.493 e. The molecule has 0 bridgehead atoms. The molecule has 0 aliphatic rings. The molecule has 0 N–H and O–H groups in total. The number of ether oxygens (including phenoxy) is 4. The summed E-state index contributed by atoms with van der Waals surface area (Å²) >= 11 is 0. The minimum atomic E-state index is -0.736. The van der Waals surface area contributed by atoms with Gasteiger partial charge in [-0.15, -0.1) is 0 Å². The fourth-order valence-corrected chi connectivity index (χ4v) is 2.15. The van der Waals surface area contributed by atoms with E-state index in [1.165, 1.54) is 50.6 Å². The van der Waals surface area contributed by atoms with Crippen LogP contribution in [0.2, 0.25) is 0 Å². The van der Waals surface area contributed by atoms with Gasteiger partial charge in [0.25, 0.3) is 0 Å². The van der Waals surface area contributed by atoms with E-state index >= 15 is 0 Å². The Hall–Kier alpha value is -3.09. The molecular weight excluding hydrogens is 331 g/mol. The van der Waals surface area contributed by atoms with Gasteiger partial charge in [0.05, 0.1) is 14.2 Å². The first-order chi connectivity index (χ1) is 12.1. The molecule has 0 aliphatic heterocycles. The van der Waals surface area contributed by atoms with Gasteiger partial charge in [-0.05, 0) is 36.4 Å². The molecule has 0 unspecified atom stereocenters. The Kier molecular flexibility index (Phi) is 6.33. The van der Waals surface area contributed by atoms with Crippen molar-refractivity contribution < 1.29 is 32.9 Å². The Balaban J connectivity index is 2.02. The van der Waals surface area contributed by atoms with Gasteiger partial charge in [-0.25, -0.2) is 9.18 Å². The predicted molar refractivity (Wildman–Crippen MR) is 87.1 cm³/mol. The van der Waals surface area contributed by atoms with E-state index in [2.05, 4.69) is 0 Å². The second kappa shape index (κ2) is 8.68. The summed E-state index contributed by atoms with van der Waals surface area (Å²) in [6.07, 6.45) is 0.535. The quantitative estimate of drug-likeness (QED) is 0.415. The molecule has 0 fully saturated rings. The van der Waals surface area contributed by atoms with Gasteiger partial charge in [0, 0.05) is 5.56 Å². The molecular formula is C18H17FO6. The van der Waals surface area contributed by atoms with Crippen molar-refractivity contribution in [1.29, 1.82) is 0 Å². The van der Waals surface area contributed by atoms with Gasteiger partial charge in [-0.1, -0.05) is 0 Å². The molecule has 0 atom stereocenters. The van der Waals surface area contributed by atoms with E-state index in [-0.39, 0.29) is 35.9 Å². The molecule has 0 saturated heterocycles. The Morgan fingerprint density at radius 3 is 2.36 bits per heavy atom. The first-order valence-electron chi connectivity index (χ1n) is 7.36. The minimum Gasteiger partial charge on any atom is -0.493 e. The smallest absolute Gasteiger partial charge is 0.342 e. The number of halogens is 1. The summed E-state index contributed by atoms with van der Waals surface area (Å²) in [6, 6.07) is 8.42. The molecule has 25 heavy (non-hydrogen) atoms. The van der Waals surface area contributed by atoms with Crippen LogP contribution >= 0.6 is 0 Å². The average Bonchev–Trinajstić information content (AvgIpc) is 2.65. The molecule has 132 valence electrons. The van der Waals surface area contributed by atoms with Crippen LogP contribution in [0.3, 0.4) is 0 Å². The highest BCUT2D eigenvalue weighted by Gasteiger charge is 2.22. The monoisotopic (exact) mass is 348 g/mol. The molecule has 0 heterocycles. The third-order valence-electron chi connectivity index (χ3n) is 3.31. The maximum absolute atomic E-state index is 12.8. The minimum absolute atomic E-state index is 0.0152. The van der Waals surface area contributed by atoms with Crippen LogP contribution in [-0.4, -0.2) is 39.7 Å². The number of aldehydes is 1. The third-order valence-corrected chi connectivity index (χ3v) is 3.31. The molecule has 0 amide bonds. The highest BCUT2D eigenvalue weighted by Crippen LogP contribution is 2.33. The van der Waals surface area contributed by atoms with Crippen LogP contribution in [0.4, 0.5) is 4.39 Å². The van der Waals surface area contributed by atoms with Gasteiger partial charge in [-0.2, -0.15) is 0 Å². The fraction of sp³-hybridized carbons (Fsp3) is 0.222. The maximum atomic E-state index is 12.8. The van der Waals surface area contributed by atoms with E-state index in [0.717, 1.165) is 0 Å². The third kappa shape index (κ3) is 4.47. The lowest BCUT2D eigenvalue weighted by molar-refractivity contribution is 0.0444. The van der Waals surface area contributed by atoms with Crippen LogP contribution in [-0.2, 0) is 4.74 Å². The lowest BCUT2D eigenvalue weighted by atomic mass is 10.1. The zero-order chi connectivity index (χ0) is 18.2. The van der Waals surface area contributed by atoms with E-state index in [1.54, 1.807) is 0 Å². The number of esters is 1. The van der Waals surface area contributed by atoms with Crippen molar-refractivity contribution in [1.82, 2.24) is 0 Å². The SMILES string of the molecule is COc1ccc(C=O)c(C(=O)OCCOc2ccc(F)cc2)c1OC. The zero-order valence-corrected chi connectivity index (χ0v) is 13.8. The number of benzene rings is 2. The first kappa shape index (κ1) is 18.3. The van der Waals surface area contributed by atoms with Crippen molar-refractivity contribution in [3.63, 3.8) is 0 Å². The summed E-state index contributed by atoms with van der Waals surface area (Å²) in [5, 5.41) is 0. The Morgan fingerprint density at radius 2 is 1.76 bits per heavy atom. The van der Waals surface area contributed by atoms with Gasteiger partial charge in [0.1, 0.15) is 30.3 Å². The summed E-state index contributed by atoms with van der Waals surface area (Å²) in [6.45, 7) is 0.00888. The van der Waals surface area contributed by atoms with Crippen LogP contribution in [0.15, 0.2) is 36.4 Å². The van der Waals surface area contributed by atoms with Crippen LogP contribution in [0, 0.1) is 5.82 Å². The molecule has 0 aromatic heterocycles. The topological polar surface area (TPSA) is 71.1 Å². The highest BCUT2D eigenvalue weighted by atomic mass is 19.1. The Bertz CT molecular complexity index is 742. The van der Waals surface area contributed by atoms with E-state index in [9.17, 15) is 14.0 Å². The van der Waals surface area contributed by atoms with Gasteiger partial charge in [0.15, 0.2) is 17.8 Å². The second-order valence-corrected chi connectivity index (χ2v) is 4.82. The predicted octanol–water partition coefficient (Wildman–Crippen LogP) is 2.89. The first-order valence-corrected chi connectivity index (χ1v) is 7.36. The lowest BCUT2D eigenvalue weighted by Crippen LogP contribution is -2.15. The molecule has 2 aromatic rings. The standard InChI is InChI=1S/C18H17FO6/c1-22-15-8-3-12(11-20)16(17(15)23-2)18(21)25-10-9-24-14-6-4-13(19)5-7-14/h3-8,11H,9-10H2,1-2H3. The van der Waals surface area contributed by atoms with E-state index in [1.807, 2.05) is 0 Å². The maximum Gasteiger partial charge on any atom is 0.342 e. The molecule has 0 aliphatic carbocycles. The van der Waals surface area contributed by atoms with Crippen molar-refractivity contribution in [3.05, 3.63) is 53.3 Å². The zero-order valence-electron chi connectivity index (χ0n) is 13.8. The van der Waals surface area contributed by atoms with Crippen molar-refractivity contribution in [3.8, 4) is 17.2 Å². The normalized spacial score (nSPS) is 10.0. The Morgan fingerprint density at radius 1 is 1.04 bits per heavy atom. The molecule has 6 nitrogen and oxygen atoms in total. The summed E-state index contributed by atoms with van der Waals surface area (Å²) < 4.78 is 33.5. The molecule has 2 aromatic carbocycles. The fourth-order valence-electron chi connectivity index (χ4n) is 2.15. The number of methoxy groups -OCH3 is 2. The molecule has 7 heteroatoms. The van der Waals surface area contributed by atoms with Crippen LogP contribution in [0.1, 0.15) is 20.7 Å². The number of hydrogen-bond donors (Lipinski definition) is 0. The number of hydrogen-bond acceptors (Lipinski definition) is 6. The van der Waals surface area contributed by atoms with E-state index in [0.29, 0.717) is 17.8 Å². The number of rotatable bonds is 8. The summed E-state index contributed by atoms with van der Waals surface area (Å²) in [7, 11) is 2.78. The highest BCUT2D eigenvalue weighted by molar-refractivity contribution is 6.01. The van der Waals surface area contributed by atoms with Gasteiger partial charge < -0.3 is 18.9 Å². The number of carbonyl (C=O) groups is 2. The Labute approximate surface area is 144 Å². The van der Waals surface area contributed by atoms with Crippen LogP contribution in [0.5, 0.6) is 17.2 Å². The summed E-state index contributed by atoms with van der Waals surface area (Å²) in [5.41, 5.74) is 0.112. The van der Waals surface area contributed by atoms with Gasteiger partial charge in [-0.3, -0.25) is 4.79 Å². The average molecular weight is 348 g/mol.